The summed E-state index contributed by atoms with van der Waals surface area (Å²) in [5, 5.41) is 8.91. The zero-order chi connectivity index (χ0) is 16.4. The summed E-state index contributed by atoms with van der Waals surface area (Å²) in [6.07, 6.45) is 0.775. The van der Waals surface area contributed by atoms with Gasteiger partial charge in [0.1, 0.15) is 0 Å². The Morgan fingerprint density at radius 3 is 2.65 bits per heavy atom. The number of nitrogens with one attached hydrogen (secondary N) is 1. The average molecular weight is 326 g/mol. The van der Waals surface area contributed by atoms with Crippen LogP contribution in [-0.2, 0) is 15.8 Å². The predicted octanol–water partition coefficient (Wildman–Crippen LogP) is 3.23. The summed E-state index contributed by atoms with van der Waals surface area (Å²) in [7, 11) is -3.47. The highest BCUT2D eigenvalue weighted by atomic mass is 32.2. The van der Waals surface area contributed by atoms with Crippen molar-refractivity contribution in [2.75, 3.05) is 0 Å². The lowest BCUT2D eigenvalue weighted by atomic mass is 10.0. The Bertz CT molecular complexity index is 869. The maximum atomic E-state index is 12.5. The van der Waals surface area contributed by atoms with Gasteiger partial charge in [0.15, 0.2) is 0 Å². The zero-order valence-electron chi connectivity index (χ0n) is 12.9. The molecule has 0 saturated heterocycles. The van der Waals surface area contributed by atoms with Gasteiger partial charge in [-0.2, -0.15) is 5.26 Å². The number of nitrogens with zero attached hydrogens (tertiary/aromatic N) is 1. The fourth-order valence-corrected chi connectivity index (χ4v) is 4.56. The molecular weight excluding hydrogens is 308 g/mol. The molecule has 5 heteroatoms. The molecule has 0 unspecified atom stereocenters. The van der Waals surface area contributed by atoms with Crippen LogP contribution >= 0.6 is 0 Å². The third-order valence-corrected chi connectivity index (χ3v) is 5.58. The van der Waals surface area contributed by atoms with Crippen molar-refractivity contribution >= 4 is 10.0 Å². The Balaban J connectivity index is 1.79. The molecule has 0 saturated carbocycles. The molecule has 3 rings (SSSR count). The normalized spacial score (nSPS) is 20.0. The van der Waals surface area contributed by atoms with Gasteiger partial charge in [-0.25, -0.2) is 13.1 Å². The Hall–Kier alpha value is -2.16. The first-order chi connectivity index (χ1) is 11.0. The van der Waals surface area contributed by atoms with Crippen molar-refractivity contribution in [1.82, 2.24) is 4.72 Å². The molecule has 1 aliphatic carbocycles. The van der Waals surface area contributed by atoms with E-state index in [1.54, 1.807) is 24.3 Å². The van der Waals surface area contributed by atoms with Gasteiger partial charge in [0.25, 0.3) is 0 Å². The first-order valence-corrected chi connectivity index (χ1v) is 9.21. The van der Waals surface area contributed by atoms with Crippen molar-refractivity contribution in [1.29, 1.82) is 5.26 Å². The summed E-state index contributed by atoms with van der Waals surface area (Å²) in [4.78, 5) is 0. The number of hydrogen-bond donors (Lipinski definition) is 1. The van der Waals surface area contributed by atoms with Crippen molar-refractivity contribution < 1.29 is 8.42 Å². The minimum absolute atomic E-state index is 0.116. The molecular formula is C18H18N2O2S. The second kappa shape index (κ2) is 6.15. The van der Waals surface area contributed by atoms with Gasteiger partial charge in [-0.15, -0.1) is 0 Å². The minimum atomic E-state index is -3.47. The molecule has 1 aliphatic rings. The van der Waals surface area contributed by atoms with E-state index >= 15 is 0 Å². The minimum Gasteiger partial charge on any atom is -0.212 e. The van der Waals surface area contributed by atoms with Crippen LogP contribution in [0.15, 0.2) is 48.5 Å². The van der Waals surface area contributed by atoms with Crippen molar-refractivity contribution in [2.24, 2.45) is 0 Å². The van der Waals surface area contributed by atoms with Crippen molar-refractivity contribution in [3.63, 3.8) is 0 Å². The molecule has 0 fully saturated rings. The highest BCUT2D eigenvalue weighted by molar-refractivity contribution is 7.88. The van der Waals surface area contributed by atoms with E-state index in [4.69, 9.17) is 5.26 Å². The lowest BCUT2D eigenvalue weighted by Gasteiger charge is -2.14. The van der Waals surface area contributed by atoms with Gasteiger partial charge in [0, 0.05) is 6.04 Å². The highest BCUT2D eigenvalue weighted by Gasteiger charge is 2.30. The molecule has 23 heavy (non-hydrogen) atoms. The number of benzene rings is 2. The molecule has 0 spiro atoms. The number of nitriles is 1. The Morgan fingerprint density at radius 2 is 1.91 bits per heavy atom. The topological polar surface area (TPSA) is 70.0 Å². The molecule has 0 aromatic heterocycles. The molecule has 118 valence electrons. The van der Waals surface area contributed by atoms with Gasteiger partial charge >= 0.3 is 0 Å². The lowest BCUT2D eigenvalue weighted by Crippen LogP contribution is -2.28. The van der Waals surface area contributed by atoms with Crippen molar-refractivity contribution in [2.45, 2.75) is 31.1 Å². The second-order valence-electron chi connectivity index (χ2n) is 6.01. The van der Waals surface area contributed by atoms with Crippen LogP contribution in [0.1, 0.15) is 47.6 Å². The number of hydrogen-bond acceptors (Lipinski definition) is 3. The van der Waals surface area contributed by atoms with E-state index in [2.05, 4.69) is 17.7 Å². The van der Waals surface area contributed by atoms with E-state index in [0.29, 0.717) is 17.0 Å². The SMILES string of the molecule is C[C@@H]1C[C@@H](NS(=O)(=O)Cc2cccc(C#N)c2)c2ccccc21. The van der Waals surface area contributed by atoms with Crippen LogP contribution in [0.4, 0.5) is 0 Å². The lowest BCUT2D eigenvalue weighted by molar-refractivity contribution is 0.541. The van der Waals surface area contributed by atoms with Crippen LogP contribution < -0.4 is 4.72 Å². The van der Waals surface area contributed by atoms with Crippen LogP contribution in [0, 0.1) is 11.3 Å². The van der Waals surface area contributed by atoms with Gasteiger partial charge < -0.3 is 0 Å². The van der Waals surface area contributed by atoms with Crippen molar-refractivity contribution in [3.8, 4) is 6.07 Å². The van der Waals surface area contributed by atoms with Crippen LogP contribution in [0.2, 0.25) is 0 Å². The number of sulfonamides is 1. The van der Waals surface area contributed by atoms with E-state index in [-0.39, 0.29) is 11.8 Å². The molecule has 2 atom stereocenters. The summed E-state index contributed by atoms with van der Waals surface area (Å²) >= 11 is 0. The second-order valence-corrected chi connectivity index (χ2v) is 7.76. The van der Waals surface area contributed by atoms with E-state index in [9.17, 15) is 8.42 Å². The molecule has 4 nitrogen and oxygen atoms in total. The monoisotopic (exact) mass is 326 g/mol. The smallest absolute Gasteiger partial charge is 0.212 e. The third kappa shape index (κ3) is 3.44. The molecule has 0 amide bonds. The Labute approximate surface area is 136 Å². The third-order valence-electron chi connectivity index (χ3n) is 4.23. The van der Waals surface area contributed by atoms with Crippen LogP contribution in [0.25, 0.3) is 0 Å². The van der Waals surface area contributed by atoms with Crippen LogP contribution in [0.5, 0.6) is 0 Å². The summed E-state index contributed by atoms with van der Waals surface area (Å²) < 4.78 is 27.8. The quantitative estimate of drug-likeness (QED) is 0.938. The fourth-order valence-electron chi connectivity index (χ4n) is 3.20. The Morgan fingerprint density at radius 1 is 1.17 bits per heavy atom. The van der Waals surface area contributed by atoms with Gasteiger partial charge in [-0.3, -0.25) is 0 Å². The van der Waals surface area contributed by atoms with E-state index < -0.39 is 10.0 Å². The Kier molecular flexibility index (Phi) is 4.20. The molecule has 2 aromatic rings. The largest absolute Gasteiger partial charge is 0.216 e. The van der Waals surface area contributed by atoms with Crippen LogP contribution in [-0.4, -0.2) is 8.42 Å². The first-order valence-electron chi connectivity index (χ1n) is 7.56. The van der Waals surface area contributed by atoms with E-state index in [1.165, 1.54) is 5.56 Å². The zero-order valence-corrected chi connectivity index (χ0v) is 13.7. The molecule has 2 aromatic carbocycles. The number of rotatable bonds is 4. The standard InChI is InChI=1S/C18H18N2O2S/c1-13-9-18(17-8-3-2-7-16(13)17)20-23(21,22)12-15-6-4-5-14(10-15)11-19/h2-8,10,13,18,20H,9,12H2,1H3/t13-,18-/m1/s1. The molecule has 0 heterocycles. The summed E-state index contributed by atoms with van der Waals surface area (Å²) in [6.45, 7) is 2.11. The maximum absolute atomic E-state index is 12.5. The van der Waals surface area contributed by atoms with Crippen molar-refractivity contribution in [3.05, 3.63) is 70.8 Å². The first kappa shape index (κ1) is 15.7. The van der Waals surface area contributed by atoms with Gasteiger partial charge in [0.05, 0.1) is 17.4 Å². The number of fused-ring (bicyclic) bond motifs is 1. The van der Waals surface area contributed by atoms with E-state index in [1.807, 2.05) is 24.3 Å². The average Bonchev–Trinajstić information content (AvgIpc) is 2.83. The fraction of sp³-hybridized carbons (Fsp3) is 0.278. The molecule has 0 radical (unpaired) electrons. The van der Waals surface area contributed by atoms with Gasteiger partial charge in [0.2, 0.25) is 10.0 Å². The van der Waals surface area contributed by atoms with Gasteiger partial charge in [-0.05, 0) is 41.2 Å². The molecule has 0 bridgehead atoms. The summed E-state index contributed by atoms with van der Waals surface area (Å²) in [6, 6.07) is 16.5. The molecule has 1 N–H and O–H groups in total. The highest BCUT2D eigenvalue weighted by Crippen LogP contribution is 2.40. The van der Waals surface area contributed by atoms with Crippen LogP contribution in [0.3, 0.4) is 0 Å². The summed E-state index contributed by atoms with van der Waals surface area (Å²) in [5.41, 5.74) is 3.37. The maximum Gasteiger partial charge on any atom is 0.216 e. The molecule has 0 aliphatic heterocycles. The van der Waals surface area contributed by atoms with E-state index in [0.717, 1.165) is 12.0 Å². The van der Waals surface area contributed by atoms with Gasteiger partial charge in [-0.1, -0.05) is 43.3 Å². The summed E-state index contributed by atoms with van der Waals surface area (Å²) in [5.74, 6) is 0.232. The predicted molar refractivity (Wildman–Crippen MR) is 89.1 cm³/mol.